The highest BCUT2D eigenvalue weighted by molar-refractivity contribution is 5.29. The van der Waals surface area contributed by atoms with Crippen molar-refractivity contribution in [2.24, 2.45) is 11.7 Å². The maximum Gasteiger partial charge on any atom is 0.123 e. The second-order valence-corrected chi connectivity index (χ2v) is 4.57. The Balaban J connectivity index is 2.20. The van der Waals surface area contributed by atoms with Crippen LogP contribution in [0.3, 0.4) is 0 Å². The van der Waals surface area contributed by atoms with Crippen LogP contribution < -0.4 is 5.73 Å². The van der Waals surface area contributed by atoms with E-state index >= 15 is 0 Å². The van der Waals surface area contributed by atoms with E-state index in [0.717, 1.165) is 11.1 Å². The first-order chi connectivity index (χ1) is 7.18. The van der Waals surface area contributed by atoms with Crippen molar-refractivity contribution < 1.29 is 4.39 Å². The molecule has 0 amide bonds. The third kappa shape index (κ3) is 2.20. The van der Waals surface area contributed by atoms with Crippen LogP contribution in [-0.2, 0) is 0 Å². The first-order valence-corrected chi connectivity index (χ1v) is 5.70. The molecular formula is C13H18FN. The predicted molar refractivity (Wildman–Crippen MR) is 60.0 cm³/mol. The Morgan fingerprint density at radius 3 is 2.60 bits per heavy atom. The van der Waals surface area contributed by atoms with Crippen molar-refractivity contribution in [2.75, 3.05) is 0 Å². The number of halogens is 1. The van der Waals surface area contributed by atoms with Crippen molar-refractivity contribution in [1.82, 2.24) is 0 Å². The van der Waals surface area contributed by atoms with Crippen molar-refractivity contribution in [3.63, 3.8) is 0 Å². The zero-order chi connectivity index (χ0) is 10.8. The van der Waals surface area contributed by atoms with Crippen molar-refractivity contribution in [2.45, 2.75) is 38.6 Å². The van der Waals surface area contributed by atoms with E-state index in [0.29, 0.717) is 5.92 Å². The van der Waals surface area contributed by atoms with E-state index < -0.39 is 0 Å². The third-order valence-corrected chi connectivity index (χ3v) is 3.50. The summed E-state index contributed by atoms with van der Waals surface area (Å²) in [6.45, 7) is 1.94. The van der Waals surface area contributed by atoms with Gasteiger partial charge >= 0.3 is 0 Å². The van der Waals surface area contributed by atoms with E-state index in [1.807, 2.05) is 13.0 Å². The van der Waals surface area contributed by atoms with Crippen LogP contribution in [0.1, 0.15) is 42.9 Å². The molecule has 0 heterocycles. The van der Waals surface area contributed by atoms with Crippen LogP contribution in [0, 0.1) is 18.7 Å². The van der Waals surface area contributed by atoms with Gasteiger partial charge in [0.15, 0.2) is 0 Å². The van der Waals surface area contributed by atoms with Gasteiger partial charge in [0.1, 0.15) is 5.82 Å². The number of hydrogen-bond acceptors (Lipinski definition) is 1. The molecule has 82 valence electrons. The summed E-state index contributed by atoms with van der Waals surface area (Å²) in [5.41, 5.74) is 8.32. The van der Waals surface area contributed by atoms with Crippen molar-refractivity contribution in [3.8, 4) is 0 Å². The SMILES string of the molecule is Cc1cc(F)ccc1[C@@H](N)C1CCCC1. The minimum absolute atomic E-state index is 0.0908. The van der Waals surface area contributed by atoms with Crippen LogP contribution in [0.4, 0.5) is 4.39 Å². The van der Waals surface area contributed by atoms with E-state index in [1.165, 1.54) is 31.7 Å². The fourth-order valence-corrected chi connectivity index (χ4v) is 2.58. The van der Waals surface area contributed by atoms with Gasteiger partial charge in [0.25, 0.3) is 0 Å². The van der Waals surface area contributed by atoms with Crippen LogP contribution in [-0.4, -0.2) is 0 Å². The smallest absolute Gasteiger partial charge is 0.123 e. The largest absolute Gasteiger partial charge is 0.324 e. The first kappa shape index (κ1) is 10.6. The number of benzene rings is 1. The van der Waals surface area contributed by atoms with Crippen LogP contribution in [0.15, 0.2) is 18.2 Å². The van der Waals surface area contributed by atoms with E-state index in [2.05, 4.69) is 0 Å². The summed E-state index contributed by atoms with van der Waals surface area (Å²) in [4.78, 5) is 0. The third-order valence-electron chi connectivity index (χ3n) is 3.50. The Morgan fingerprint density at radius 2 is 2.00 bits per heavy atom. The second-order valence-electron chi connectivity index (χ2n) is 4.57. The molecule has 1 aromatic carbocycles. The van der Waals surface area contributed by atoms with Gasteiger partial charge in [-0.15, -0.1) is 0 Å². The van der Waals surface area contributed by atoms with Crippen molar-refractivity contribution >= 4 is 0 Å². The lowest BCUT2D eigenvalue weighted by Crippen LogP contribution is -2.20. The molecular weight excluding hydrogens is 189 g/mol. The molecule has 1 saturated carbocycles. The van der Waals surface area contributed by atoms with Gasteiger partial charge in [0, 0.05) is 6.04 Å². The molecule has 2 rings (SSSR count). The van der Waals surface area contributed by atoms with Gasteiger partial charge in [-0.05, 0) is 48.9 Å². The van der Waals surface area contributed by atoms with Gasteiger partial charge in [0.2, 0.25) is 0 Å². The van der Waals surface area contributed by atoms with Crippen LogP contribution in [0.2, 0.25) is 0 Å². The number of aryl methyl sites for hydroxylation is 1. The van der Waals surface area contributed by atoms with Gasteiger partial charge < -0.3 is 5.73 Å². The first-order valence-electron chi connectivity index (χ1n) is 5.70. The van der Waals surface area contributed by atoms with E-state index in [9.17, 15) is 4.39 Å². The molecule has 1 aliphatic carbocycles. The highest BCUT2D eigenvalue weighted by atomic mass is 19.1. The lowest BCUT2D eigenvalue weighted by atomic mass is 9.90. The molecule has 0 saturated heterocycles. The normalized spacial score (nSPS) is 19.4. The maximum atomic E-state index is 12.9. The highest BCUT2D eigenvalue weighted by Crippen LogP contribution is 2.35. The second kappa shape index (κ2) is 4.31. The van der Waals surface area contributed by atoms with E-state index in [4.69, 9.17) is 5.73 Å². The summed E-state index contributed by atoms with van der Waals surface area (Å²) in [6.07, 6.45) is 5.02. The molecule has 1 aromatic rings. The molecule has 1 nitrogen and oxygen atoms in total. The minimum atomic E-state index is -0.171. The molecule has 0 spiro atoms. The summed E-state index contributed by atoms with van der Waals surface area (Å²) in [7, 11) is 0. The Morgan fingerprint density at radius 1 is 1.33 bits per heavy atom. The summed E-state index contributed by atoms with van der Waals surface area (Å²) in [5.74, 6) is 0.420. The molecule has 15 heavy (non-hydrogen) atoms. The molecule has 0 radical (unpaired) electrons. The van der Waals surface area contributed by atoms with Crippen molar-refractivity contribution in [3.05, 3.63) is 35.1 Å². The summed E-state index contributed by atoms with van der Waals surface area (Å²) in [6, 6.07) is 5.02. The molecule has 1 aliphatic rings. The Hall–Kier alpha value is -0.890. The van der Waals surface area contributed by atoms with E-state index in [-0.39, 0.29) is 11.9 Å². The summed E-state index contributed by atoms with van der Waals surface area (Å²) in [5, 5.41) is 0. The standard InChI is InChI=1S/C13H18FN/c1-9-8-11(14)6-7-12(9)13(15)10-4-2-3-5-10/h6-8,10,13H,2-5,15H2,1H3/t13-/m0/s1. The van der Waals surface area contributed by atoms with Crippen LogP contribution in [0.25, 0.3) is 0 Å². The molecule has 0 aromatic heterocycles. The zero-order valence-corrected chi connectivity index (χ0v) is 9.17. The van der Waals surface area contributed by atoms with Crippen LogP contribution in [0.5, 0.6) is 0 Å². The van der Waals surface area contributed by atoms with Gasteiger partial charge in [0.05, 0.1) is 0 Å². The summed E-state index contributed by atoms with van der Waals surface area (Å²) >= 11 is 0. The fourth-order valence-electron chi connectivity index (χ4n) is 2.58. The number of nitrogens with two attached hydrogens (primary N) is 1. The average molecular weight is 207 g/mol. The molecule has 0 unspecified atom stereocenters. The molecule has 0 bridgehead atoms. The number of rotatable bonds is 2. The monoisotopic (exact) mass is 207 g/mol. The summed E-state index contributed by atoms with van der Waals surface area (Å²) < 4.78 is 12.9. The van der Waals surface area contributed by atoms with Gasteiger partial charge in [-0.2, -0.15) is 0 Å². The fraction of sp³-hybridized carbons (Fsp3) is 0.538. The lowest BCUT2D eigenvalue weighted by Gasteiger charge is -2.21. The Kier molecular flexibility index (Phi) is 3.06. The molecule has 2 N–H and O–H groups in total. The predicted octanol–water partition coefficient (Wildman–Crippen LogP) is 3.32. The minimum Gasteiger partial charge on any atom is -0.324 e. The van der Waals surface area contributed by atoms with E-state index in [1.54, 1.807) is 6.07 Å². The average Bonchev–Trinajstić information content (AvgIpc) is 2.69. The molecule has 0 aliphatic heterocycles. The van der Waals surface area contributed by atoms with Crippen molar-refractivity contribution in [1.29, 1.82) is 0 Å². The Labute approximate surface area is 90.5 Å². The van der Waals surface area contributed by atoms with Gasteiger partial charge in [-0.3, -0.25) is 0 Å². The van der Waals surface area contributed by atoms with Crippen LogP contribution >= 0.6 is 0 Å². The Bertz CT molecular complexity index is 342. The lowest BCUT2D eigenvalue weighted by molar-refractivity contribution is 0.443. The van der Waals surface area contributed by atoms with Gasteiger partial charge in [-0.25, -0.2) is 4.39 Å². The molecule has 2 heteroatoms. The molecule has 1 atom stereocenters. The number of hydrogen-bond donors (Lipinski definition) is 1. The zero-order valence-electron chi connectivity index (χ0n) is 9.17. The molecule has 1 fully saturated rings. The highest BCUT2D eigenvalue weighted by Gasteiger charge is 2.24. The quantitative estimate of drug-likeness (QED) is 0.791. The van der Waals surface area contributed by atoms with Gasteiger partial charge in [-0.1, -0.05) is 18.9 Å². The maximum absolute atomic E-state index is 12.9. The topological polar surface area (TPSA) is 26.0 Å².